The van der Waals surface area contributed by atoms with Gasteiger partial charge in [-0.3, -0.25) is 14.0 Å². The van der Waals surface area contributed by atoms with E-state index < -0.39 is 5.82 Å². The molecule has 1 saturated carbocycles. The van der Waals surface area contributed by atoms with Gasteiger partial charge in [0.1, 0.15) is 29.0 Å². The number of halogens is 2. The van der Waals surface area contributed by atoms with Gasteiger partial charge in [0.15, 0.2) is 5.52 Å². The van der Waals surface area contributed by atoms with Crippen LogP contribution < -0.4 is 10.5 Å². The van der Waals surface area contributed by atoms with Crippen LogP contribution in [0.25, 0.3) is 22.3 Å². The van der Waals surface area contributed by atoms with Crippen molar-refractivity contribution in [2.24, 2.45) is 14.1 Å². The van der Waals surface area contributed by atoms with E-state index in [0.717, 1.165) is 18.4 Å². The van der Waals surface area contributed by atoms with Crippen molar-refractivity contribution >= 4 is 28.6 Å². The lowest BCUT2D eigenvalue weighted by atomic mass is 10.1. The molecule has 1 saturated heterocycles. The van der Waals surface area contributed by atoms with E-state index in [1.807, 2.05) is 18.1 Å². The lowest BCUT2D eigenvalue weighted by Crippen LogP contribution is -2.46. The summed E-state index contributed by atoms with van der Waals surface area (Å²) in [6.07, 6.45) is 5.35. The summed E-state index contributed by atoms with van der Waals surface area (Å²) in [6.45, 7) is 2.77. The molecule has 1 aliphatic carbocycles. The quantitative estimate of drug-likeness (QED) is 0.430. The lowest BCUT2D eigenvalue weighted by Gasteiger charge is -2.38. The van der Waals surface area contributed by atoms with Gasteiger partial charge in [0.05, 0.1) is 24.9 Å². The van der Waals surface area contributed by atoms with Crippen molar-refractivity contribution in [3.8, 4) is 11.3 Å². The molecule has 4 aromatic rings. The van der Waals surface area contributed by atoms with Gasteiger partial charge in [-0.05, 0) is 38.0 Å². The van der Waals surface area contributed by atoms with Crippen LogP contribution in [-0.4, -0.2) is 48.0 Å². The first-order valence-corrected chi connectivity index (χ1v) is 11.7. The molecule has 1 spiro atoms. The van der Waals surface area contributed by atoms with Gasteiger partial charge in [0.25, 0.3) is 5.56 Å². The first-order chi connectivity index (χ1) is 16.7. The Kier molecular flexibility index (Phi) is 4.94. The molecule has 2 aliphatic rings. The average Bonchev–Trinajstić information content (AvgIpc) is 3.41. The van der Waals surface area contributed by atoms with Crippen LogP contribution in [0.4, 0.5) is 10.3 Å². The summed E-state index contributed by atoms with van der Waals surface area (Å²) < 4.78 is 24.6. The maximum atomic E-state index is 15.0. The van der Waals surface area contributed by atoms with Crippen LogP contribution in [0.3, 0.4) is 0 Å². The van der Waals surface area contributed by atoms with Crippen LogP contribution >= 0.6 is 11.6 Å². The van der Waals surface area contributed by atoms with E-state index >= 15 is 4.39 Å². The zero-order chi connectivity index (χ0) is 24.5. The Morgan fingerprint density at radius 1 is 1.17 bits per heavy atom. The number of ether oxygens (including phenoxy) is 1. The number of morpholine rings is 1. The number of aromatic nitrogens is 6. The number of hydrogen-bond donors (Lipinski definition) is 0. The van der Waals surface area contributed by atoms with Crippen molar-refractivity contribution in [2.75, 3.05) is 18.0 Å². The Morgan fingerprint density at radius 3 is 2.66 bits per heavy atom. The summed E-state index contributed by atoms with van der Waals surface area (Å²) in [7, 11) is 3.50. The van der Waals surface area contributed by atoms with Crippen molar-refractivity contribution < 1.29 is 9.13 Å². The van der Waals surface area contributed by atoms with Gasteiger partial charge in [0, 0.05) is 36.4 Å². The number of hydrogen-bond acceptors (Lipinski definition) is 7. The summed E-state index contributed by atoms with van der Waals surface area (Å²) in [5.74, 6) is 0.278. The molecule has 9 nitrogen and oxygen atoms in total. The third-order valence-corrected chi connectivity index (χ3v) is 7.00. The second kappa shape index (κ2) is 7.82. The Labute approximate surface area is 205 Å². The second-order valence-corrected chi connectivity index (χ2v) is 9.77. The third kappa shape index (κ3) is 3.77. The monoisotopic (exact) mass is 495 g/mol. The molecule has 0 N–H and O–H groups in total. The Hall–Kier alpha value is -3.37. The van der Waals surface area contributed by atoms with E-state index in [4.69, 9.17) is 21.3 Å². The molecule has 3 aromatic heterocycles. The maximum Gasteiger partial charge on any atom is 0.279 e. The highest BCUT2D eigenvalue weighted by atomic mass is 35.5. The minimum Gasteiger partial charge on any atom is -0.363 e. The van der Waals surface area contributed by atoms with Crippen LogP contribution in [-0.2, 0) is 18.8 Å². The van der Waals surface area contributed by atoms with Gasteiger partial charge in [-0.2, -0.15) is 5.10 Å². The van der Waals surface area contributed by atoms with E-state index in [2.05, 4.69) is 15.1 Å². The molecule has 1 aliphatic heterocycles. The molecule has 0 radical (unpaired) electrons. The van der Waals surface area contributed by atoms with E-state index in [-0.39, 0.29) is 44.6 Å². The first kappa shape index (κ1) is 22.1. The average molecular weight is 496 g/mol. The summed E-state index contributed by atoms with van der Waals surface area (Å²) in [5, 5.41) is 4.55. The number of aryl methyl sites for hydroxylation is 2. The Balaban J connectivity index is 1.53. The number of fused-ring (bicyclic) bond motifs is 1. The molecular formula is C24H23ClFN7O2. The lowest BCUT2D eigenvalue weighted by molar-refractivity contribution is -0.0458. The number of nitrogens with zero attached hydrogens (tertiary/aromatic N) is 7. The Morgan fingerprint density at radius 2 is 1.97 bits per heavy atom. The normalized spacial score (nSPS) is 19.0. The summed E-state index contributed by atoms with van der Waals surface area (Å²) in [5.41, 5.74) is 1.22. The van der Waals surface area contributed by atoms with Crippen LogP contribution in [0.2, 0.25) is 5.02 Å². The van der Waals surface area contributed by atoms with Gasteiger partial charge in [-0.25, -0.2) is 19.3 Å². The van der Waals surface area contributed by atoms with Crippen LogP contribution in [0.5, 0.6) is 0 Å². The van der Waals surface area contributed by atoms with Crippen molar-refractivity contribution in [1.29, 1.82) is 0 Å². The minimum atomic E-state index is -0.544. The highest BCUT2D eigenvalue weighted by Gasteiger charge is 2.51. The van der Waals surface area contributed by atoms with Gasteiger partial charge in [0.2, 0.25) is 5.95 Å². The molecular weight excluding hydrogens is 473 g/mol. The third-order valence-electron chi connectivity index (χ3n) is 6.77. The van der Waals surface area contributed by atoms with E-state index in [1.165, 1.54) is 10.6 Å². The predicted octanol–water partition coefficient (Wildman–Crippen LogP) is 3.34. The van der Waals surface area contributed by atoms with Crippen molar-refractivity contribution in [1.82, 2.24) is 29.3 Å². The smallest absolute Gasteiger partial charge is 0.279 e. The SMILES string of the molecule is Cc1nc2c(-c3ccc(Cl)cc3F)nc(N3C[C@H](c4cnn(C)c4)OC4(CC4)C3)nc2c(=O)n1C. The number of anilines is 1. The number of rotatable bonds is 3. The fourth-order valence-corrected chi connectivity index (χ4v) is 4.75. The van der Waals surface area contributed by atoms with Gasteiger partial charge >= 0.3 is 0 Å². The van der Waals surface area contributed by atoms with E-state index in [1.54, 1.807) is 37.0 Å². The van der Waals surface area contributed by atoms with Crippen LogP contribution in [0.1, 0.15) is 30.3 Å². The molecule has 0 unspecified atom stereocenters. The predicted molar refractivity (Wildman–Crippen MR) is 129 cm³/mol. The maximum absolute atomic E-state index is 15.0. The molecule has 0 amide bonds. The minimum absolute atomic E-state index is 0.140. The summed E-state index contributed by atoms with van der Waals surface area (Å²) >= 11 is 5.99. The molecule has 1 aromatic carbocycles. The molecule has 6 rings (SSSR count). The number of benzene rings is 1. The molecule has 11 heteroatoms. The largest absolute Gasteiger partial charge is 0.363 e. The highest BCUT2D eigenvalue weighted by molar-refractivity contribution is 6.30. The fraction of sp³-hybridized carbons (Fsp3) is 0.375. The van der Waals surface area contributed by atoms with Gasteiger partial charge in [-0.15, -0.1) is 0 Å². The zero-order valence-corrected chi connectivity index (χ0v) is 20.3. The topological polar surface area (TPSA) is 91.0 Å². The summed E-state index contributed by atoms with van der Waals surface area (Å²) in [6, 6.07) is 4.37. The van der Waals surface area contributed by atoms with Gasteiger partial charge in [-0.1, -0.05) is 11.6 Å². The van der Waals surface area contributed by atoms with E-state index in [0.29, 0.717) is 24.9 Å². The molecule has 0 bridgehead atoms. The Bertz CT molecular complexity index is 1550. The van der Waals surface area contributed by atoms with Crippen molar-refractivity contribution in [3.63, 3.8) is 0 Å². The molecule has 35 heavy (non-hydrogen) atoms. The summed E-state index contributed by atoms with van der Waals surface area (Å²) in [4.78, 5) is 29.2. The van der Waals surface area contributed by atoms with Crippen molar-refractivity contribution in [3.05, 3.63) is 63.2 Å². The van der Waals surface area contributed by atoms with Crippen LogP contribution in [0, 0.1) is 12.7 Å². The van der Waals surface area contributed by atoms with Crippen LogP contribution in [0.15, 0.2) is 35.4 Å². The van der Waals surface area contributed by atoms with Gasteiger partial charge < -0.3 is 9.64 Å². The van der Waals surface area contributed by atoms with E-state index in [9.17, 15) is 4.79 Å². The molecule has 2 fully saturated rings. The molecule has 1 atom stereocenters. The second-order valence-electron chi connectivity index (χ2n) is 9.33. The highest BCUT2D eigenvalue weighted by Crippen LogP contribution is 2.47. The first-order valence-electron chi connectivity index (χ1n) is 11.4. The molecule has 180 valence electrons. The zero-order valence-electron chi connectivity index (χ0n) is 19.5. The van der Waals surface area contributed by atoms with Crippen molar-refractivity contribution in [2.45, 2.75) is 31.5 Å². The fourth-order valence-electron chi connectivity index (χ4n) is 4.59. The molecule has 4 heterocycles. The standard InChI is InChI=1S/C24H23ClFN7O2/c1-13-28-20-19(16-5-4-15(25)8-17(16)26)29-23(30-21(20)22(34)32(13)3)33-11-18(14-9-27-31(2)10-14)35-24(12-33)6-7-24/h4-5,8-10,18H,6-7,11-12H2,1-3H3/t18-/m1/s1.